The van der Waals surface area contributed by atoms with Gasteiger partial charge >= 0.3 is 5.97 Å². The summed E-state index contributed by atoms with van der Waals surface area (Å²) in [4.78, 5) is 10.7. The monoisotopic (exact) mass is 218 g/mol. The molecule has 0 bridgehead atoms. The first-order valence-corrected chi connectivity index (χ1v) is 5.33. The van der Waals surface area contributed by atoms with Gasteiger partial charge in [-0.05, 0) is 35.6 Å². The number of carboxylic acids is 1. The van der Waals surface area contributed by atoms with E-state index in [0.29, 0.717) is 5.56 Å². The van der Waals surface area contributed by atoms with Gasteiger partial charge < -0.3 is 5.11 Å². The molecule has 86 valence electrons. The topological polar surface area (TPSA) is 37.3 Å². The van der Waals surface area contributed by atoms with E-state index >= 15 is 0 Å². The van der Waals surface area contributed by atoms with E-state index in [1.165, 1.54) is 5.57 Å². The van der Waals surface area contributed by atoms with E-state index < -0.39 is 5.97 Å². The molecule has 0 saturated heterocycles. The van der Waals surface area contributed by atoms with Crippen LogP contribution in [0.25, 0.3) is 5.57 Å². The minimum atomic E-state index is -0.885. The van der Waals surface area contributed by atoms with Crippen LogP contribution in [0.2, 0.25) is 0 Å². The molecule has 1 N–H and O–H groups in total. The van der Waals surface area contributed by atoms with Crippen LogP contribution in [0.4, 0.5) is 0 Å². The number of carboxylic acid groups (broad SMARTS) is 1. The predicted molar refractivity (Wildman–Crippen MR) is 66.5 cm³/mol. The van der Waals surface area contributed by atoms with Gasteiger partial charge in [0.1, 0.15) is 0 Å². The summed E-state index contributed by atoms with van der Waals surface area (Å²) in [5.41, 5.74) is 2.70. The summed E-state index contributed by atoms with van der Waals surface area (Å²) in [6, 6.07) is 6.97. The molecule has 0 unspecified atom stereocenters. The summed E-state index contributed by atoms with van der Waals surface area (Å²) in [7, 11) is 0. The Hall–Kier alpha value is -1.57. The molecule has 0 atom stereocenters. The highest BCUT2D eigenvalue weighted by molar-refractivity contribution is 5.88. The zero-order valence-electron chi connectivity index (χ0n) is 10.2. The SMILES string of the molecule is CC(=CC(C)(C)C)c1ccc(C(=O)O)cc1. The highest BCUT2D eigenvalue weighted by atomic mass is 16.4. The lowest BCUT2D eigenvalue weighted by atomic mass is 9.91. The lowest BCUT2D eigenvalue weighted by molar-refractivity contribution is 0.0697. The van der Waals surface area contributed by atoms with E-state index in [2.05, 4.69) is 26.8 Å². The number of hydrogen-bond donors (Lipinski definition) is 1. The Morgan fingerprint density at radius 3 is 1.94 bits per heavy atom. The van der Waals surface area contributed by atoms with Crippen molar-refractivity contribution in [2.24, 2.45) is 5.41 Å². The van der Waals surface area contributed by atoms with Crippen LogP contribution in [0.3, 0.4) is 0 Å². The van der Waals surface area contributed by atoms with Gasteiger partial charge in [0.2, 0.25) is 0 Å². The van der Waals surface area contributed by atoms with Crippen LogP contribution in [-0.4, -0.2) is 11.1 Å². The summed E-state index contributed by atoms with van der Waals surface area (Å²) in [6.45, 7) is 8.47. The van der Waals surface area contributed by atoms with E-state index in [1.807, 2.05) is 19.1 Å². The Balaban J connectivity index is 2.99. The zero-order chi connectivity index (χ0) is 12.3. The van der Waals surface area contributed by atoms with Gasteiger partial charge in [-0.3, -0.25) is 0 Å². The third-order valence-corrected chi connectivity index (χ3v) is 2.24. The van der Waals surface area contributed by atoms with Gasteiger partial charge in [0, 0.05) is 0 Å². The first-order chi connectivity index (χ1) is 7.29. The largest absolute Gasteiger partial charge is 0.478 e. The Morgan fingerprint density at radius 1 is 1.12 bits per heavy atom. The molecule has 0 aliphatic rings. The number of carbonyl (C=O) groups is 1. The van der Waals surface area contributed by atoms with Crippen molar-refractivity contribution >= 4 is 11.5 Å². The number of hydrogen-bond acceptors (Lipinski definition) is 1. The molecule has 0 radical (unpaired) electrons. The highest BCUT2D eigenvalue weighted by Crippen LogP contribution is 2.23. The Bertz CT molecular complexity index is 405. The molecule has 0 aromatic heterocycles. The molecule has 1 rings (SSSR count). The van der Waals surface area contributed by atoms with Crippen LogP contribution < -0.4 is 0 Å². The summed E-state index contributed by atoms with van der Waals surface area (Å²) in [6.07, 6.45) is 2.18. The molecular weight excluding hydrogens is 200 g/mol. The molecule has 1 aromatic rings. The van der Waals surface area contributed by atoms with Gasteiger partial charge in [-0.15, -0.1) is 0 Å². The summed E-state index contributed by atoms with van der Waals surface area (Å²) < 4.78 is 0. The molecule has 0 saturated carbocycles. The zero-order valence-corrected chi connectivity index (χ0v) is 10.2. The fourth-order valence-corrected chi connectivity index (χ4v) is 1.61. The Labute approximate surface area is 96.6 Å². The smallest absolute Gasteiger partial charge is 0.335 e. The molecule has 0 spiro atoms. The molecular formula is C14H18O2. The third kappa shape index (κ3) is 3.54. The average Bonchev–Trinajstić information content (AvgIpc) is 2.15. The van der Waals surface area contributed by atoms with Crippen LogP contribution in [0.1, 0.15) is 43.6 Å². The van der Waals surface area contributed by atoms with Gasteiger partial charge in [0.15, 0.2) is 0 Å². The molecule has 1 aromatic carbocycles. The molecule has 16 heavy (non-hydrogen) atoms. The lowest BCUT2D eigenvalue weighted by Crippen LogP contribution is -2.00. The number of rotatable bonds is 2. The highest BCUT2D eigenvalue weighted by Gasteiger charge is 2.08. The van der Waals surface area contributed by atoms with Crippen LogP contribution >= 0.6 is 0 Å². The third-order valence-electron chi connectivity index (χ3n) is 2.24. The van der Waals surface area contributed by atoms with Gasteiger partial charge in [-0.2, -0.15) is 0 Å². The second kappa shape index (κ2) is 4.52. The van der Waals surface area contributed by atoms with Crippen molar-refractivity contribution in [2.45, 2.75) is 27.7 Å². The van der Waals surface area contributed by atoms with Gasteiger partial charge in [0.25, 0.3) is 0 Å². The summed E-state index contributed by atoms with van der Waals surface area (Å²) in [5.74, 6) is -0.885. The van der Waals surface area contributed by atoms with E-state index in [9.17, 15) is 4.79 Å². The normalized spacial score (nSPS) is 12.6. The van der Waals surface area contributed by atoms with Crippen LogP contribution in [0.5, 0.6) is 0 Å². The second-order valence-electron chi connectivity index (χ2n) is 5.08. The fourth-order valence-electron chi connectivity index (χ4n) is 1.61. The van der Waals surface area contributed by atoms with E-state index in [0.717, 1.165) is 5.56 Å². The Morgan fingerprint density at radius 2 is 1.56 bits per heavy atom. The molecule has 0 aliphatic heterocycles. The first kappa shape index (κ1) is 12.5. The molecule has 0 aliphatic carbocycles. The molecule has 0 amide bonds. The van der Waals surface area contributed by atoms with Crippen LogP contribution in [0.15, 0.2) is 30.3 Å². The molecule has 0 fully saturated rings. The van der Waals surface area contributed by atoms with E-state index in [-0.39, 0.29) is 5.41 Å². The maximum atomic E-state index is 10.7. The number of aromatic carboxylic acids is 1. The molecule has 2 nitrogen and oxygen atoms in total. The van der Waals surface area contributed by atoms with Crippen molar-refractivity contribution in [3.63, 3.8) is 0 Å². The minimum absolute atomic E-state index is 0.134. The average molecular weight is 218 g/mol. The summed E-state index contributed by atoms with van der Waals surface area (Å²) in [5, 5.41) is 8.79. The van der Waals surface area contributed by atoms with Crippen molar-refractivity contribution in [2.75, 3.05) is 0 Å². The van der Waals surface area contributed by atoms with E-state index in [4.69, 9.17) is 5.11 Å². The van der Waals surface area contributed by atoms with Crippen molar-refractivity contribution in [3.8, 4) is 0 Å². The minimum Gasteiger partial charge on any atom is -0.478 e. The van der Waals surface area contributed by atoms with E-state index in [1.54, 1.807) is 12.1 Å². The molecule has 0 heterocycles. The fraction of sp³-hybridized carbons (Fsp3) is 0.357. The quantitative estimate of drug-likeness (QED) is 0.819. The van der Waals surface area contributed by atoms with Crippen molar-refractivity contribution in [3.05, 3.63) is 41.5 Å². The lowest BCUT2D eigenvalue weighted by Gasteiger charge is -2.14. The van der Waals surface area contributed by atoms with Crippen LogP contribution in [0, 0.1) is 5.41 Å². The Kier molecular flexibility index (Phi) is 3.53. The van der Waals surface area contributed by atoms with Crippen LogP contribution in [-0.2, 0) is 0 Å². The summed E-state index contributed by atoms with van der Waals surface area (Å²) >= 11 is 0. The second-order valence-corrected chi connectivity index (χ2v) is 5.08. The maximum absolute atomic E-state index is 10.7. The van der Waals surface area contributed by atoms with Crippen molar-refractivity contribution in [1.82, 2.24) is 0 Å². The molecule has 2 heteroatoms. The first-order valence-electron chi connectivity index (χ1n) is 5.33. The van der Waals surface area contributed by atoms with Gasteiger partial charge in [-0.1, -0.05) is 39.0 Å². The predicted octanol–water partition coefficient (Wildman–Crippen LogP) is 3.83. The van der Waals surface area contributed by atoms with Crippen molar-refractivity contribution in [1.29, 1.82) is 0 Å². The standard InChI is InChI=1S/C14H18O2/c1-10(9-14(2,3)4)11-5-7-12(8-6-11)13(15)16/h5-9H,1-4H3,(H,15,16). The number of benzene rings is 1. The van der Waals surface area contributed by atoms with Crippen molar-refractivity contribution < 1.29 is 9.90 Å². The van der Waals surface area contributed by atoms with Gasteiger partial charge in [0.05, 0.1) is 5.56 Å². The van der Waals surface area contributed by atoms with Gasteiger partial charge in [-0.25, -0.2) is 4.79 Å². The number of allylic oxidation sites excluding steroid dienone is 2. The maximum Gasteiger partial charge on any atom is 0.335 e.